The topological polar surface area (TPSA) is 74.6 Å². The highest BCUT2D eigenvalue weighted by molar-refractivity contribution is 9.09. The van der Waals surface area contributed by atoms with Crippen LogP contribution in [0.2, 0.25) is 0 Å². The molecule has 13 heavy (non-hydrogen) atoms. The summed E-state index contributed by atoms with van der Waals surface area (Å²) in [5.41, 5.74) is -1.66. The molecule has 0 amide bonds. The Balaban J connectivity index is 4.80. The first-order chi connectivity index (χ1) is 6.01. The molecular formula is C7H10Br2O4. The van der Waals surface area contributed by atoms with Gasteiger partial charge in [-0.2, -0.15) is 0 Å². The van der Waals surface area contributed by atoms with Gasteiger partial charge in [-0.25, -0.2) is 0 Å². The van der Waals surface area contributed by atoms with E-state index in [9.17, 15) is 9.59 Å². The molecule has 0 unspecified atom stereocenters. The van der Waals surface area contributed by atoms with Crippen LogP contribution >= 0.6 is 31.9 Å². The summed E-state index contributed by atoms with van der Waals surface area (Å²) in [5.74, 6) is -2.56. The Bertz CT molecular complexity index is 183. The van der Waals surface area contributed by atoms with Gasteiger partial charge in [-0.3, -0.25) is 9.59 Å². The van der Waals surface area contributed by atoms with Crippen molar-refractivity contribution in [2.75, 3.05) is 10.7 Å². The third kappa shape index (κ3) is 2.95. The molecule has 0 saturated heterocycles. The Morgan fingerprint density at radius 3 is 1.46 bits per heavy atom. The molecule has 0 aromatic carbocycles. The van der Waals surface area contributed by atoms with Crippen LogP contribution in [0.15, 0.2) is 0 Å². The third-order valence-electron chi connectivity index (χ3n) is 1.86. The van der Waals surface area contributed by atoms with Gasteiger partial charge in [-0.1, -0.05) is 31.9 Å². The fourth-order valence-electron chi connectivity index (χ4n) is 0.967. The second kappa shape index (κ2) is 5.59. The Morgan fingerprint density at radius 1 is 1.00 bits per heavy atom. The highest BCUT2D eigenvalue weighted by atomic mass is 79.9. The van der Waals surface area contributed by atoms with Crippen LogP contribution < -0.4 is 0 Å². The van der Waals surface area contributed by atoms with Gasteiger partial charge in [0.15, 0.2) is 5.41 Å². The monoisotopic (exact) mass is 316 g/mol. The zero-order valence-electron chi connectivity index (χ0n) is 6.80. The maximum atomic E-state index is 10.8. The van der Waals surface area contributed by atoms with E-state index in [1.165, 1.54) is 0 Å². The summed E-state index contributed by atoms with van der Waals surface area (Å²) in [6.07, 6.45) is 0.173. The Kier molecular flexibility index (Phi) is 5.55. The SMILES string of the molecule is O=C(O)C(CCBr)(CCBr)C(=O)O. The summed E-state index contributed by atoms with van der Waals surface area (Å²) in [6.45, 7) is 0. The van der Waals surface area contributed by atoms with Gasteiger partial charge in [-0.05, 0) is 12.8 Å². The van der Waals surface area contributed by atoms with Gasteiger partial charge in [0.2, 0.25) is 0 Å². The third-order valence-corrected chi connectivity index (χ3v) is 2.65. The van der Waals surface area contributed by atoms with Crippen LogP contribution in [0.3, 0.4) is 0 Å². The molecule has 0 saturated carbocycles. The molecule has 2 N–H and O–H groups in total. The van der Waals surface area contributed by atoms with Gasteiger partial charge in [0.05, 0.1) is 0 Å². The number of carboxylic acid groups (broad SMARTS) is 2. The van der Waals surface area contributed by atoms with E-state index >= 15 is 0 Å². The van der Waals surface area contributed by atoms with Gasteiger partial charge >= 0.3 is 11.9 Å². The lowest BCUT2D eigenvalue weighted by atomic mass is 9.83. The second-order valence-corrected chi connectivity index (χ2v) is 4.16. The molecule has 0 fully saturated rings. The van der Waals surface area contributed by atoms with Crippen molar-refractivity contribution in [2.24, 2.45) is 5.41 Å². The van der Waals surface area contributed by atoms with Crippen LogP contribution in [-0.4, -0.2) is 32.8 Å². The van der Waals surface area contributed by atoms with Crippen molar-refractivity contribution in [3.63, 3.8) is 0 Å². The number of carbonyl (C=O) groups is 2. The maximum absolute atomic E-state index is 10.8. The largest absolute Gasteiger partial charge is 0.480 e. The first kappa shape index (κ1) is 12.9. The van der Waals surface area contributed by atoms with Crippen molar-refractivity contribution >= 4 is 43.8 Å². The Hall–Kier alpha value is -0.100. The van der Waals surface area contributed by atoms with Crippen LogP contribution in [0, 0.1) is 5.41 Å². The molecule has 0 radical (unpaired) electrons. The van der Waals surface area contributed by atoms with Gasteiger partial charge in [0, 0.05) is 10.7 Å². The van der Waals surface area contributed by atoms with Gasteiger partial charge in [0.25, 0.3) is 0 Å². The minimum Gasteiger partial charge on any atom is -0.480 e. The normalized spacial score (nSPS) is 11.2. The zero-order valence-corrected chi connectivity index (χ0v) is 9.97. The fourth-order valence-corrected chi connectivity index (χ4v) is 2.32. The average Bonchev–Trinajstić information content (AvgIpc) is 2.03. The maximum Gasteiger partial charge on any atom is 0.321 e. The van der Waals surface area contributed by atoms with Crippen LogP contribution in [0.4, 0.5) is 0 Å². The van der Waals surface area contributed by atoms with Crippen LogP contribution in [0.1, 0.15) is 12.8 Å². The standard InChI is InChI=1S/C7H10Br2O4/c8-3-1-7(2-4-9,5(10)11)6(12)13/h1-4H2,(H,10,11)(H,12,13). The van der Waals surface area contributed by atoms with Gasteiger partial charge < -0.3 is 10.2 Å². The van der Waals surface area contributed by atoms with Crippen molar-refractivity contribution in [3.05, 3.63) is 0 Å². The number of hydrogen-bond acceptors (Lipinski definition) is 2. The summed E-state index contributed by atoms with van der Waals surface area (Å²) in [6, 6.07) is 0. The fraction of sp³-hybridized carbons (Fsp3) is 0.714. The first-order valence-electron chi connectivity index (χ1n) is 3.60. The van der Waals surface area contributed by atoms with Crippen molar-refractivity contribution in [1.29, 1.82) is 0 Å². The lowest BCUT2D eigenvalue weighted by molar-refractivity contribution is -0.165. The van der Waals surface area contributed by atoms with E-state index in [2.05, 4.69) is 31.9 Å². The predicted molar refractivity (Wildman–Crippen MR) is 54.5 cm³/mol. The number of hydrogen-bond donors (Lipinski definition) is 2. The van der Waals surface area contributed by atoms with Crippen molar-refractivity contribution in [2.45, 2.75) is 12.8 Å². The number of aliphatic carboxylic acids is 2. The average molecular weight is 318 g/mol. The Labute approximate surface area is 92.6 Å². The van der Waals surface area contributed by atoms with E-state index in [1.807, 2.05) is 0 Å². The molecule has 0 bridgehead atoms. The molecule has 0 heterocycles. The molecule has 0 aliphatic carbocycles. The molecule has 0 spiro atoms. The molecule has 6 heteroatoms. The van der Waals surface area contributed by atoms with E-state index in [0.717, 1.165) is 0 Å². The van der Waals surface area contributed by atoms with E-state index in [1.54, 1.807) is 0 Å². The summed E-state index contributed by atoms with van der Waals surface area (Å²) in [4.78, 5) is 21.6. The lowest BCUT2D eigenvalue weighted by Crippen LogP contribution is -2.40. The molecular weight excluding hydrogens is 308 g/mol. The van der Waals surface area contributed by atoms with Crippen LogP contribution in [-0.2, 0) is 9.59 Å². The summed E-state index contributed by atoms with van der Waals surface area (Å²) < 4.78 is 0. The smallest absolute Gasteiger partial charge is 0.321 e. The predicted octanol–water partition coefficient (Wildman–Crippen LogP) is 1.71. The quantitative estimate of drug-likeness (QED) is 0.578. The lowest BCUT2D eigenvalue weighted by Gasteiger charge is -2.22. The van der Waals surface area contributed by atoms with Crippen molar-refractivity contribution in [1.82, 2.24) is 0 Å². The van der Waals surface area contributed by atoms with E-state index < -0.39 is 17.4 Å². The van der Waals surface area contributed by atoms with Crippen molar-refractivity contribution in [3.8, 4) is 0 Å². The number of halogens is 2. The number of rotatable bonds is 6. The van der Waals surface area contributed by atoms with Gasteiger partial charge in [-0.15, -0.1) is 0 Å². The van der Waals surface area contributed by atoms with Gasteiger partial charge in [0.1, 0.15) is 0 Å². The molecule has 0 aliphatic rings. The van der Waals surface area contributed by atoms with E-state index in [0.29, 0.717) is 10.7 Å². The molecule has 0 aromatic rings. The summed E-state index contributed by atoms with van der Waals surface area (Å²) >= 11 is 6.10. The second-order valence-electron chi connectivity index (χ2n) is 2.57. The Morgan fingerprint density at radius 2 is 1.31 bits per heavy atom. The minimum absolute atomic E-state index is 0.0866. The highest BCUT2D eigenvalue weighted by Crippen LogP contribution is 2.29. The molecule has 0 aliphatic heterocycles. The van der Waals surface area contributed by atoms with Crippen LogP contribution in [0.5, 0.6) is 0 Å². The number of carboxylic acids is 2. The summed E-state index contributed by atoms with van der Waals surface area (Å²) in [7, 11) is 0. The van der Waals surface area contributed by atoms with Crippen molar-refractivity contribution < 1.29 is 19.8 Å². The summed E-state index contributed by atoms with van der Waals surface area (Å²) in [5, 5.41) is 18.4. The van der Waals surface area contributed by atoms with E-state index in [4.69, 9.17) is 10.2 Å². The molecule has 4 nitrogen and oxygen atoms in total. The van der Waals surface area contributed by atoms with Crippen LogP contribution in [0.25, 0.3) is 0 Å². The first-order valence-corrected chi connectivity index (χ1v) is 5.84. The molecule has 76 valence electrons. The molecule has 0 aromatic heterocycles. The zero-order chi connectivity index (χ0) is 10.5. The number of alkyl halides is 2. The molecule has 0 atom stereocenters. The minimum atomic E-state index is -1.66. The highest BCUT2D eigenvalue weighted by Gasteiger charge is 2.45. The molecule has 0 rings (SSSR count). The van der Waals surface area contributed by atoms with E-state index in [-0.39, 0.29) is 12.8 Å².